The molecule has 2 N–H and O–H groups in total. The number of ether oxygens (including phenoxy) is 3. The van der Waals surface area contributed by atoms with Gasteiger partial charge in [-0.25, -0.2) is 14.0 Å². The van der Waals surface area contributed by atoms with Gasteiger partial charge in [0, 0.05) is 37.5 Å². The first kappa shape index (κ1) is 34.8. The van der Waals surface area contributed by atoms with Gasteiger partial charge in [0.25, 0.3) is 0 Å². The summed E-state index contributed by atoms with van der Waals surface area (Å²) in [6.45, 7) is 5.89. The molecule has 5 atom stereocenters. The summed E-state index contributed by atoms with van der Waals surface area (Å²) in [5, 5.41) is 5.70. The van der Waals surface area contributed by atoms with E-state index >= 15 is 0 Å². The van der Waals surface area contributed by atoms with Crippen LogP contribution in [0.15, 0.2) is 30.4 Å². The minimum Gasteiger partial charge on any atom is -0.444 e. The second-order valence-corrected chi connectivity index (χ2v) is 15.0. The first-order valence-electron chi connectivity index (χ1n) is 17.4. The number of ketones is 1. The van der Waals surface area contributed by atoms with Crippen molar-refractivity contribution in [1.29, 1.82) is 0 Å². The van der Waals surface area contributed by atoms with Crippen LogP contribution >= 0.6 is 0 Å². The van der Waals surface area contributed by atoms with Gasteiger partial charge in [-0.15, -0.1) is 0 Å². The summed E-state index contributed by atoms with van der Waals surface area (Å²) < 4.78 is 31.4. The maximum atomic E-state index is 14.4. The van der Waals surface area contributed by atoms with Crippen molar-refractivity contribution in [2.75, 3.05) is 19.8 Å². The van der Waals surface area contributed by atoms with Crippen LogP contribution in [0.5, 0.6) is 0 Å². The lowest BCUT2D eigenvalue weighted by molar-refractivity contribution is -0.141. The lowest BCUT2D eigenvalue weighted by atomic mass is 10.00. The van der Waals surface area contributed by atoms with Crippen molar-refractivity contribution in [2.45, 2.75) is 115 Å². The van der Waals surface area contributed by atoms with Crippen molar-refractivity contribution in [3.63, 3.8) is 0 Å². The summed E-state index contributed by atoms with van der Waals surface area (Å²) in [6, 6.07) is 2.57. The number of carbonyl (C=O) groups excluding carboxylic acids is 5. The fourth-order valence-corrected chi connectivity index (χ4v) is 7.09. The Kier molecular flexibility index (Phi) is 10.0. The Morgan fingerprint density at radius 1 is 1.14 bits per heavy atom. The van der Waals surface area contributed by atoms with Gasteiger partial charge in [0.05, 0.1) is 19.7 Å². The molecule has 0 aromatic heterocycles. The molecule has 4 amide bonds. The summed E-state index contributed by atoms with van der Waals surface area (Å²) in [5.41, 5.74) is -0.768. The standard InChI is InChI=1S/C36H47FN4O8/c1-35(2,3)49-33(45)38-28-10-6-16-47-15-5-8-24-18-36(24,30(42)14-13-22-11-12-22)39-31(43)29-17-25(20-41(29)32(28)44)48-34(46)40-19-23-7-4-9-27(37)26(23)21-40/h4-5,7-9,22,24-25,28-29H,6,10-21H2,1-3H3,(H,38,45)(H,39,43)/b8-5-/t24-,25-,28+,29+,36-/m1/s1. The van der Waals surface area contributed by atoms with Crippen LogP contribution in [0, 0.1) is 17.7 Å². The van der Waals surface area contributed by atoms with Gasteiger partial charge in [-0.05, 0) is 64.0 Å². The van der Waals surface area contributed by atoms with E-state index in [4.69, 9.17) is 14.2 Å². The molecule has 1 saturated heterocycles. The Morgan fingerprint density at radius 2 is 1.94 bits per heavy atom. The normalized spacial score (nSPS) is 29.4. The highest BCUT2D eigenvalue weighted by Crippen LogP contribution is 2.47. The van der Waals surface area contributed by atoms with E-state index in [1.807, 2.05) is 12.2 Å². The Balaban J connectivity index is 1.23. The number of rotatable bonds is 6. The predicted octanol–water partition coefficient (Wildman–Crippen LogP) is 4.14. The van der Waals surface area contributed by atoms with Crippen LogP contribution in [0.2, 0.25) is 0 Å². The maximum Gasteiger partial charge on any atom is 0.410 e. The highest BCUT2D eigenvalue weighted by Gasteiger charge is 2.60. The van der Waals surface area contributed by atoms with Gasteiger partial charge >= 0.3 is 12.2 Å². The summed E-state index contributed by atoms with van der Waals surface area (Å²) in [6.07, 6.45) is 5.91. The minimum absolute atomic E-state index is 0.00637. The Bertz CT molecular complexity index is 1510. The smallest absolute Gasteiger partial charge is 0.410 e. The number of nitrogens with zero attached hydrogens (tertiary/aromatic N) is 2. The second kappa shape index (κ2) is 14.1. The molecule has 12 nitrogen and oxygen atoms in total. The lowest BCUT2D eigenvalue weighted by Crippen LogP contribution is -2.56. The van der Waals surface area contributed by atoms with Gasteiger partial charge in [-0.3, -0.25) is 19.3 Å². The topological polar surface area (TPSA) is 144 Å². The third-order valence-electron chi connectivity index (χ3n) is 9.99. The SMILES string of the molecule is CC(C)(C)OC(=O)N[C@H]1CCCOC/C=C\[C@@H]2C[C@@]2(C(=O)CCC2CC2)NC(=O)[C@@H]2C[C@@H](OC(=O)N3Cc4cccc(F)c4C3)CN2C1=O. The first-order valence-corrected chi connectivity index (χ1v) is 17.4. The average Bonchev–Trinajstić information content (AvgIpc) is 3.89. The number of hydrogen-bond donors (Lipinski definition) is 2. The Hall–Kier alpha value is -4.00. The number of benzene rings is 1. The van der Waals surface area contributed by atoms with E-state index in [0.717, 1.165) is 19.3 Å². The fourth-order valence-electron chi connectivity index (χ4n) is 7.09. The van der Waals surface area contributed by atoms with Crippen LogP contribution in [-0.2, 0) is 41.7 Å². The van der Waals surface area contributed by atoms with E-state index in [1.165, 1.54) is 15.9 Å². The molecule has 13 heteroatoms. The third kappa shape index (κ3) is 8.25. The molecular weight excluding hydrogens is 635 g/mol. The van der Waals surface area contributed by atoms with E-state index in [9.17, 15) is 28.4 Å². The molecule has 2 saturated carbocycles. The van der Waals surface area contributed by atoms with Crippen LogP contribution < -0.4 is 10.6 Å². The molecule has 49 heavy (non-hydrogen) atoms. The molecule has 3 aliphatic heterocycles. The largest absolute Gasteiger partial charge is 0.444 e. The maximum absolute atomic E-state index is 14.4. The van der Waals surface area contributed by atoms with Crippen molar-refractivity contribution in [2.24, 2.45) is 11.8 Å². The molecule has 0 spiro atoms. The molecule has 3 heterocycles. The molecule has 0 bridgehead atoms. The number of amides is 4. The molecule has 5 aliphatic rings. The number of nitrogens with one attached hydrogen (secondary N) is 2. The monoisotopic (exact) mass is 682 g/mol. The summed E-state index contributed by atoms with van der Waals surface area (Å²) in [5.74, 6) is -1.13. The van der Waals surface area contributed by atoms with Gasteiger partial charge < -0.3 is 29.7 Å². The zero-order chi connectivity index (χ0) is 34.9. The summed E-state index contributed by atoms with van der Waals surface area (Å²) in [7, 11) is 0. The number of halogens is 1. The second-order valence-electron chi connectivity index (χ2n) is 15.0. The predicted molar refractivity (Wildman–Crippen MR) is 174 cm³/mol. The molecule has 0 unspecified atom stereocenters. The van der Waals surface area contributed by atoms with E-state index in [0.29, 0.717) is 49.5 Å². The quantitative estimate of drug-likeness (QED) is 0.427. The molecule has 3 fully saturated rings. The van der Waals surface area contributed by atoms with E-state index in [2.05, 4.69) is 10.6 Å². The lowest BCUT2D eigenvalue weighted by Gasteiger charge is -2.30. The Labute approximate surface area is 286 Å². The molecular formula is C36H47FN4O8. The van der Waals surface area contributed by atoms with E-state index in [1.54, 1.807) is 32.9 Å². The average molecular weight is 683 g/mol. The number of alkyl carbamates (subject to hydrolysis) is 1. The number of hydrogen-bond acceptors (Lipinski definition) is 8. The van der Waals surface area contributed by atoms with Crippen molar-refractivity contribution >= 4 is 29.8 Å². The molecule has 6 rings (SSSR count). The van der Waals surface area contributed by atoms with Crippen LogP contribution in [0.25, 0.3) is 0 Å². The molecule has 2 aliphatic carbocycles. The van der Waals surface area contributed by atoms with Gasteiger partial charge in [-0.2, -0.15) is 0 Å². The number of fused-ring (bicyclic) bond motifs is 3. The van der Waals surface area contributed by atoms with Crippen molar-refractivity contribution < 1.29 is 42.6 Å². The van der Waals surface area contributed by atoms with Crippen LogP contribution in [0.1, 0.15) is 83.3 Å². The van der Waals surface area contributed by atoms with Crippen LogP contribution in [0.3, 0.4) is 0 Å². The summed E-state index contributed by atoms with van der Waals surface area (Å²) >= 11 is 0. The van der Waals surface area contributed by atoms with Gasteiger partial charge in [0.1, 0.15) is 35.1 Å². The van der Waals surface area contributed by atoms with Crippen LogP contribution in [-0.4, -0.2) is 88.7 Å². The summed E-state index contributed by atoms with van der Waals surface area (Å²) in [4.78, 5) is 70.9. The fraction of sp³-hybridized carbons (Fsp3) is 0.639. The minimum atomic E-state index is -1.08. The third-order valence-corrected chi connectivity index (χ3v) is 9.99. The van der Waals surface area contributed by atoms with Gasteiger partial charge in [-0.1, -0.05) is 37.1 Å². The van der Waals surface area contributed by atoms with Crippen molar-refractivity contribution in [3.05, 3.63) is 47.3 Å². The van der Waals surface area contributed by atoms with E-state index < -0.39 is 59.1 Å². The first-order chi connectivity index (χ1) is 23.3. The number of Topliss-reactive ketones (excluding diaryl/α,β-unsaturated/α-hetero) is 1. The zero-order valence-corrected chi connectivity index (χ0v) is 28.5. The van der Waals surface area contributed by atoms with Crippen molar-refractivity contribution in [3.8, 4) is 0 Å². The molecule has 1 aromatic carbocycles. The highest BCUT2D eigenvalue weighted by molar-refractivity contribution is 5.99. The van der Waals surface area contributed by atoms with Gasteiger partial charge in [0.2, 0.25) is 11.8 Å². The molecule has 1 aromatic rings. The highest BCUT2D eigenvalue weighted by atomic mass is 19.1. The zero-order valence-electron chi connectivity index (χ0n) is 28.5. The van der Waals surface area contributed by atoms with Crippen molar-refractivity contribution in [1.82, 2.24) is 20.4 Å². The Morgan fingerprint density at radius 3 is 2.67 bits per heavy atom. The van der Waals surface area contributed by atoms with Gasteiger partial charge in [0.15, 0.2) is 5.78 Å². The van der Waals surface area contributed by atoms with Crippen LogP contribution in [0.4, 0.5) is 14.0 Å². The van der Waals surface area contributed by atoms with E-state index in [-0.39, 0.29) is 44.2 Å². The molecule has 0 radical (unpaired) electrons. The molecule has 266 valence electrons. The number of carbonyl (C=O) groups is 5.